The molecule has 1 rings (SSSR count). The molecule has 3 N–H and O–H groups in total. The number of benzene rings is 1. The summed E-state index contributed by atoms with van der Waals surface area (Å²) in [5, 5.41) is 3.12. The summed E-state index contributed by atoms with van der Waals surface area (Å²) in [6.45, 7) is 7.18. The molecule has 5 heteroatoms. The molecule has 3 nitrogen and oxygen atoms in total. The summed E-state index contributed by atoms with van der Waals surface area (Å²) >= 11 is 5.43. The number of guanidine groups is 1. The molecule has 0 aliphatic rings. The zero-order valence-electron chi connectivity index (χ0n) is 11.9. The first-order valence-corrected chi connectivity index (χ1v) is 8.43. The molecule has 0 unspecified atom stereocenters. The third-order valence-corrected chi connectivity index (χ3v) is 4.60. The largest absolute Gasteiger partial charge is 0.370 e. The summed E-state index contributed by atoms with van der Waals surface area (Å²) in [5.74, 6) is 1.61. The lowest BCUT2D eigenvalue weighted by Crippen LogP contribution is -2.32. The topological polar surface area (TPSA) is 50.4 Å². The van der Waals surface area contributed by atoms with E-state index in [1.165, 1.54) is 9.37 Å². The summed E-state index contributed by atoms with van der Waals surface area (Å²) < 4.78 is 1.17. The first-order chi connectivity index (χ1) is 9.59. The van der Waals surface area contributed by atoms with Crippen LogP contribution in [-0.4, -0.2) is 24.8 Å². The van der Waals surface area contributed by atoms with Gasteiger partial charge in [0.1, 0.15) is 0 Å². The third-order valence-electron chi connectivity index (χ3n) is 2.49. The number of hydrogen-bond donors (Lipinski definition) is 2. The van der Waals surface area contributed by atoms with E-state index in [1.54, 1.807) is 0 Å². The quantitative estimate of drug-likeness (QED) is 0.245. The maximum atomic E-state index is 5.73. The van der Waals surface area contributed by atoms with E-state index in [4.69, 9.17) is 5.73 Å². The molecule has 0 aliphatic heterocycles. The van der Waals surface area contributed by atoms with Crippen molar-refractivity contribution in [1.29, 1.82) is 0 Å². The molecule has 0 amide bonds. The van der Waals surface area contributed by atoms with E-state index in [1.807, 2.05) is 24.8 Å². The maximum absolute atomic E-state index is 5.73. The van der Waals surface area contributed by atoms with Crippen LogP contribution in [0.1, 0.15) is 19.8 Å². The fourth-order valence-electron chi connectivity index (χ4n) is 1.46. The Morgan fingerprint density at radius 3 is 2.85 bits per heavy atom. The fourth-order valence-corrected chi connectivity index (χ4v) is 3.04. The lowest BCUT2D eigenvalue weighted by molar-refractivity contribution is 0.754. The summed E-state index contributed by atoms with van der Waals surface area (Å²) in [6.07, 6.45) is 2.23. The fraction of sp³-hybridized carbons (Fsp3) is 0.400. The van der Waals surface area contributed by atoms with Gasteiger partial charge in [0.2, 0.25) is 0 Å². The molecule has 1 aromatic carbocycles. The average Bonchev–Trinajstić information content (AvgIpc) is 2.42. The van der Waals surface area contributed by atoms with Crippen LogP contribution in [0.15, 0.2) is 50.8 Å². The third kappa shape index (κ3) is 7.60. The average molecular weight is 356 g/mol. The molecule has 0 atom stereocenters. The molecular formula is C15H22BrN3S. The number of unbranched alkanes of at least 4 members (excludes halogenated alkanes) is 1. The van der Waals surface area contributed by atoms with Crippen molar-refractivity contribution < 1.29 is 0 Å². The van der Waals surface area contributed by atoms with Crippen LogP contribution in [0.3, 0.4) is 0 Å². The van der Waals surface area contributed by atoms with Crippen molar-refractivity contribution in [3.05, 3.63) is 40.9 Å². The molecule has 0 saturated heterocycles. The second-order valence-electron chi connectivity index (χ2n) is 4.57. The molecule has 0 saturated carbocycles. The minimum absolute atomic E-state index is 0.506. The molecule has 0 heterocycles. The van der Waals surface area contributed by atoms with Crippen LogP contribution < -0.4 is 11.1 Å². The number of nitrogens with two attached hydrogens (primary N) is 1. The van der Waals surface area contributed by atoms with Crippen LogP contribution in [0.4, 0.5) is 0 Å². The molecule has 20 heavy (non-hydrogen) atoms. The number of nitrogens with zero attached hydrogens (tertiary/aromatic N) is 1. The lowest BCUT2D eigenvalue weighted by atomic mass is 10.3. The highest BCUT2D eigenvalue weighted by atomic mass is 79.9. The van der Waals surface area contributed by atoms with Crippen molar-refractivity contribution in [2.24, 2.45) is 10.7 Å². The van der Waals surface area contributed by atoms with E-state index >= 15 is 0 Å². The van der Waals surface area contributed by atoms with Gasteiger partial charge >= 0.3 is 0 Å². The van der Waals surface area contributed by atoms with Crippen molar-refractivity contribution in [2.45, 2.75) is 24.7 Å². The van der Waals surface area contributed by atoms with Crippen LogP contribution in [0.2, 0.25) is 0 Å². The normalized spacial score (nSPS) is 11.4. The molecule has 0 radical (unpaired) electrons. The van der Waals surface area contributed by atoms with E-state index < -0.39 is 0 Å². The summed E-state index contributed by atoms with van der Waals surface area (Å²) in [4.78, 5) is 5.47. The molecule has 0 spiro atoms. The first kappa shape index (κ1) is 17.1. The Labute approximate surface area is 134 Å². The van der Waals surface area contributed by atoms with Crippen LogP contribution in [-0.2, 0) is 0 Å². The molecule has 0 fully saturated rings. The van der Waals surface area contributed by atoms with Gasteiger partial charge in [-0.15, -0.1) is 11.8 Å². The van der Waals surface area contributed by atoms with Gasteiger partial charge in [0.05, 0.1) is 6.54 Å². The van der Waals surface area contributed by atoms with Crippen LogP contribution in [0.5, 0.6) is 0 Å². The monoisotopic (exact) mass is 355 g/mol. The van der Waals surface area contributed by atoms with Gasteiger partial charge in [0.25, 0.3) is 0 Å². The SMILES string of the molecule is C=C(C)CN=C(N)NCCCCSc1ccccc1Br. The van der Waals surface area contributed by atoms with E-state index in [9.17, 15) is 0 Å². The lowest BCUT2D eigenvalue weighted by Gasteiger charge is -2.06. The van der Waals surface area contributed by atoms with Gasteiger partial charge in [-0.25, -0.2) is 4.99 Å². The van der Waals surface area contributed by atoms with Crippen LogP contribution in [0, 0.1) is 0 Å². The second kappa shape index (κ2) is 9.88. The van der Waals surface area contributed by atoms with Gasteiger partial charge in [-0.1, -0.05) is 24.3 Å². The Kier molecular flexibility index (Phi) is 8.46. The minimum Gasteiger partial charge on any atom is -0.370 e. The highest BCUT2D eigenvalue weighted by Crippen LogP contribution is 2.27. The van der Waals surface area contributed by atoms with Gasteiger partial charge in [-0.05, 0) is 53.6 Å². The molecular weight excluding hydrogens is 334 g/mol. The number of halogens is 1. The van der Waals surface area contributed by atoms with E-state index in [0.717, 1.165) is 30.7 Å². The predicted molar refractivity (Wildman–Crippen MR) is 93.4 cm³/mol. The number of hydrogen-bond acceptors (Lipinski definition) is 2. The van der Waals surface area contributed by atoms with Crippen LogP contribution in [0.25, 0.3) is 0 Å². The molecule has 1 aromatic rings. The van der Waals surface area contributed by atoms with Crippen molar-refractivity contribution in [3.8, 4) is 0 Å². The van der Waals surface area contributed by atoms with E-state index in [-0.39, 0.29) is 0 Å². The number of thioether (sulfide) groups is 1. The van der Waals surface area contributed by atoms with E-state index in [0.29, 0.717) is 12.5 Å². The predicted octanol–water partition coefficient (Wildman–Crippen LogP) is 3.80. The van der Waals surface area contributed by atoms with Crippen molar-refractivity contribution in [3.63, 3.8) is 0 Å². The minimum atomic E-state index is 0.506. The molecule has 0 bridgehead atoms. The standard InChI is InChI=1S/C15H22BrN3S/c1-12(2)11-19-15(17)18-9-5-6-10-20-14-8-4-3-7-13(14)16/h3-4,7-8H,1,5-6,9-11H2,2H3,(H3,17,18,19). The Balaban J connectivity index is 2.09. The molecule has 110 valence electrons. The maximum Gasteiger partial charge on any atom is 0.188 e. The van der Waals surface area contributed by atoms with Crippen LogP contribution >= 0.6 is 27.7 Å². The van der Waals surface area contributed by atoms with Crippen molar-refractivity contribution >= 4 is 33.7 Å². The Morgan fingerprint density at radius 1 is 1.40 bits per heavy atom. The highest BCUT2D eigenvalue weighted by Gasteiger charge is 1.99. The Bertz CT molecular complexity index is 460. The second-order valence-corrected chi connectivity index (χ2v) is 6.56. The van der Waals surface area contributed by atoms with Crippen molar-refractivity contribution in [2.75, 3.05) is 18.8 Å². The zero-order valence-corrected chi connectivity index (χ0v) is 14.3. The first-order valence-electron chi connectivity index (χ1n) is 6.65. The zero-order chi connectivity index (χ0) is 14.8. The molecule has 0 aliphatic carbocycles. The van der Waals surface area contributed by atoms with Gasteiger partial charge < -0.3 is 11.1 Å². The Morgan fingerprint density at radius 2 is 2.15 bits per heavy atom. The van der Waals surface area contributed by atoms with Gasteiger partial charge in [-0.2, -0.15) is 0 Å². The van der Waals surface area contributed by atoms with Gasteiger partial charge in [0.15, 0.2) is 5.96 Å². The van der Waals surface area contributed by atoms with E-state index in [2.05, 4.69) is 51.0 Å². The number of rotatable bonds is 8. The smallest absolute Gasteiger partial charge is 0.188 e. The summed E-state index contributed by atoms with van der Waals surface area (Å²) in [6, 6.07) is 8.30. The van der Waals surface area contributed by atoms with Gasteiger partial charge in [-0.3, -0.25) is 0 Å². The summed E-state index contributed by atoms with van der Waals surface area (Å²) in [5.41, 5.74) is 6.75. The van der Waals surface area contributed by atoms with Gasteiger partial charge in [0, 0.05) is 15.9 Å². The summed E-state index contributed by atoms with van der Waals surface area (Å²) in [7, 11) is 0. The molecule has 0 aromatic heterocycles. The highest BCUT2D eigenvalue weighted by molar-refractivity contribution is 9.10. The Hall–Kier alpha value is -0.940. The van der Waals surface area contributed by atoms with Crippen molar-refractivity contribution in [1.82, 2.24) is 5.32 Å². The number of aliphatic imine (C=N–C) groups is 1. The number of nitrogens with one attached hydrogen (secondary N) is 1.